The average molecular weight is 298 g/mol. The average Bonchev–Trinajstić information content (AvgIpc) is 2.98. The van der Waals surface area contributed by atoms with E-state index in [2.05, 4.69) is 28.6 Å². The van der Waals surface area contributed by atoms with Gasteiger partial charge >= 0.3 is 0 Å². The van der Waals surface area contributed by atoms with E-state index in [1.165, 1.54) is 0 Å². The Balaban J connectivity index is 2.04. The number of nitrogens with one attached hydrogen (secondary N) is 1. The molecule has 0 atom stereocenters. The number of aromatic nitrogens is 2. The van der Waals surface area contributed by atoms with Crippen LogP contribution in [-0.4, -0.2) is 16.8 Å². The van der Waals surface area contributed by atoms with Gasteiger partial charge in [0.25, 0.3) is 0 Å². The Morgan fingerprint density at radius 1 is 1.05 bits per heavy atom. The zero-order valence-corrected chi connectivity index (χ0v) is 12.5. The zero-order chi connectivity index (χ0) is 14.7. The van der Waals surface area contributed by atoms with Crippen molar-refractivity contribution in [3.05, 3.63) is 71.5 Å². The van der Waals surface area contributed by atoms with Crippen molar-refractivity contribution in [3.8, 4) is 16.8 Å². The highest BCUT2D eigenvalue weighted by atomic mass is 35.5. The summed E-state index contributed by atoms with van der Waals surface area (Å²) in [4.78, 5) is 0. The van der Waals surface area contributed by atoms with Crippen LogP contribution in [0.15, 0.2) is 60.9 Å². The van der Waals surface area contributed by atoms with Gasteiger partial charge in [0.15, 0.2) is 0 Å². The summed E-state index contributed by atoms with van der Waals surface area (Å²) in [6.07, 6.45) is 3.87. The van der Waals surface area contributed by atoms with Gasteiger partial charge in [0.05, 0.1) is 16.9 Å². The minimum absolute atomic E-state index is 0.700. The lowest BCUT2D eigenvalue weighted by molar-refractivity contribution is 0.789. The highest BCUT2D eigenvalue weighted by molar-refractivity contribution is 6.32. The van der Waals surface area contributed by atoms with Crippen molar-refractivity contribution in [3.63, 3.8) is 0 Å². The minimum Gasteiger partial charge on any atom is -0.316 e. The first-order valence-electron chi connectivity index (χ1n) is 6.82. The molecule has 0 aliphatic carbocycles. The van der Waals surface area contributed by atoms with Gasteiger partial charge in [0, 0.05) is 18.3 Å². The molecule has 4 heteroatoms. The van der Waals surface area contributed by atoms with Crippen LogP contribution in [0.5, 0.6) is 0 Å². The molecule has 0 spiro atoms. The van der Waals surface area contributed by atoms with Crippen LogP contribution in [0.4, 0.5) is 0 Å². The van der Waals surface area contributed by atoms with Crippen LogP contribution >= 0.6 is 11.6 Å². The standard InChI is InChI=1S/C17H16ClN3/c1-19-10-14-8-5-9-16(18)17(14)21-12-15(11-20-21)13-6-3-2-4-7-13/h2-9,11-12,19H,10H2,1H3. The third-order valence-corrected chi connectivity index (χ3v) is 3.66. The summed E-state index contributed by atoms with van der Waals surface area (Å²) < 4.78 is 1.84. The zero-order valence-electron chi connectivity index (χ0n) is 11.8. The molecule has 1 heterocycles. The smallest absolute Gasteiger partial charge is 0.0876 e. The summed E-state index contributed by atoms with van der Waals surface area (Å²) in [6.45, 7) is 0.746. The van der Waals surface area contributed by atoms with Crippen LogP contribution in [0.2, 0.25) is 5.02 Å². The molecule has 3 aromatic rings. The third-order valence-electron chi connectivity index (χ3n) is 3.36. The first-order valence-corrected chi connectivity index (χ1v) is 7.20. The molecule has 0 radical (unpaired) electrons. The van der Waals surface area contributed by atoms with Crippen LogP contribution < -0.4 is 5.32 Å². The van der Waals surface area contributed by atoms with Crippen molar-refractivity contribution in [1.82, 2.24) is 15.1 Å². The predicted molar refractivity (Wildman–Crippen MR) is 86.8 cm³/mol. The van der Waals surface area contributed by atoms with Gasteiger partial charge in [0.1, 0.15) is 0 Å². The molecule has 3 rings (SSSR count). The summed E-state index contributed by atoms with van der Waals surface area (Å²) in [5.41, 5.74) is 4.26. The van der Waals surface area contributed by atoms with Gasteiger partial charge in [-0.15, -0.1) is 0 Å². The maximum atomic E-state index is 6.37. The first-order chi connectivity index (χ1) is 10.3. The van der Waals surface area contributed by atoms with Gasteiger partial charge < -0.3 is 5.32 Å². The Bertz CT molecular complexity index is 735. The highest BCUT2D eigenvalue weighted by Gasteiger charge is 2.11. The lowest BCUT2D eigenvalue weighted by atomic mass is 10.1. The quantitative estimate of drug-likeness (QED) is 0.791. The molecular formula is C17H16ClN3. The van der Waals surface area contributed by atoms with Crippen LogP contribution in [0.1, 0.15) is 5.56 Å². The van der Waals surface area contributed by atoms with Crippen LogP contribution in [0, 0.1) is 0 Å². The first kappa shape index (κ1) is 13.9. The maximum Gasteiger partial charge on any atom is 0.0876 e. The van der Waals surface area contributed by atoms with Gasteiger partial charge in [-0.25, -0.2) is 4.68 Å². The van der Waals surface area contributed by atoms with Crippen molar-refractivity contribution in [1.29, 1.82) is 0 Å². The largest absolute Gasteiger partial charge is 0.316 e. The molecule has 0 saturated heterocycles. The summed E-state index contributed by atoms with van der Waals surface area (Å²) in [7, 11) is 1.92. The van der Waals surface area contributed by atoms with Gasteiger partial charge in [-0.3, -0.25) is 0 Å². The van der Waals surface area contributed by atoms with Gasteiger partial charge in [0.2, 0.25) is 0 Å². The number of para-hydroxylation sites is 1. The van der Waals surface area contributed by atoms with Crippen LogP contribution in [-0.2, 0) is 6.54 Å². The molecule has 0 saturated carbocycles. The van der Waals surface area contributed by atoms with Crippen molar-refractivity contribution in [2.45, 2.75) is 6.54 Å². The number of benzene rings is 2. The molecule has 0 aliphatic rings. The van der Waals surface area contributed by atoms with Crippen LogP contribution in [0.25, 0.3) is 16.8 Å². The molecule has 1 N–H and O–H groups in total. The molecular weight excluding hydrogens is 282 g/mol. The Morgan fingerprint density at radius 3 is 2.62 bits per heavy atom. The maximum absolute atomic E-state index is 6.37. The van der Waals surface area contributed by atoms with Crippen molar-refractivity contribution < 1.29 is 0 Å². The molecule has 0 unspecified atom stereocenters. The predicted octanol–water partition coefficient (Wildman–Crippen LogP) is 3.91. The van der Waals surface area contributed by atoms with Crippen molar-refractivity contribution >= 4 is 11.6 Å². The second-order valence-electron chi connectivity index (χ2n) is 4.82. The van der Waals surface area contributed by atoms with E-state index in [1.807, 2.05) is 54.5 Å². The fourth-order valence-corrected chi connectivity index (χ4v) is 2.66. The second-order valence-corrected chi connectivity index (χ2v) is 5.22. The number of hydrogen-bond acceptors (Lipinski definition) is 2. The fraction of sp³-hybridized carbons (Fsp3) is 0.118. The number of hydrogen-bond donors (Lipinski definition) is 1. The Morgan fingerprint density at radius 2 is 1.86 bits per heavy atom. The summed E-state index contributed by atoms with van der Waals surface area (Å²) in [6, 6.07) is 16.1. The van der Waals surface area contributed by atoms with Crippen LogP contribution in [0.3, 0.4) is 0 Å². The van der Waals surface area contributed by atoms with E-state index in [0.717, 1.165) is 28.9 Å². The molecule has 1 aromatic heterocycles. The highest BCUT2D eigenvalue weighted by Crippen LogP contribution is 2.26. The molecule has 0 amide bonds. The molecule has 0 fully saturated rings. The molecule has 2 aromatic carbocycles. The molecule has 21 heavy (non-hydrogen) atoms. The normalized spacial score (nSPS) is 10.8. The molecule has 106 valence electrons. The Kier molecular flexibility index (Phi) is 4.04. The summed E-state index contributed by atoms with van der Waals surface area (Å²) in [5.74, 6) is 0. The summed E-state index contributed by atoms with van der Waals surface area (Å²) >= 11 is 6.37. The number of rotatable bonds is 4. The molecule has 0 bridgehead atoms. The van der Waals surface area contributed by atoms with E-state index >= 15 is 0 Å². The Hall–Kier alpha value is -2.10. The van der Waals surface area contributed by atoms with Crippen molar-refractivity contribution in [2.75, 3.05) is 7.05 Å². The lowest BCUT2D eigenvalue weighted by Gasteiger charge is -2.11. The lowest BCUT2D eigenvalue weighted by Crippen LogP contribution is -2.09. The third kappa shape index (κ3) is 2.84. The van der Waals surface area contributed by atoms with Crippen molar-refractivity contribution in [2.24, 2.45) is 0 Å². The number of nitrogens with zero attached hydrogens (tertiary/aromatic N) is 2. The van der Waals surface area contributed by atoms with E-state index in [-0.39, 0.29) is 0 Å². The molecule has 0 aliphatic heterocycles. The number of halogens is 1. The van der Waals surface area contributed by atoms with Gasteiger partial charge in [-0.05, 0) is 24.2 Å². The van der Waals surface area contributed by atoms with E-state index in [9.17, 15) is 0 Å². The van der Waals surface area contributed by atoms with E-state index < -0.39 is 0 Å². The van der Waals surface area contributed by atoms with E-state index in [1.54, 1.807) is 0 Å². The summed E-state index contributed by atoms with van der Waals surface area (Å²) in [5, 5.41) is 8.33. The SMILES string of the molecule is CNCc1cccc(Cl)c1-n1cc(-c2ccccc2)cn1. The molecule has 3 nitrogen and oxygen atoms in total. The Labute approximate surface area is 129 Å². The fourth-order valence-electron chi connectivity index (χ4n) is 2.37. The minimum atomic E-state index is 0.700. The van der Waals surface area contributed by atoms with Gasteiger partial charge in [-0.1, -0.05) is 54.1 Å². The second kappa shape index (κ2) is 6.12. The monoisotopic (exact) mass is 297 g/mol. The van der Waals surface area contributed by atoms with E-state index in [0.29, 0.717) is 5.02 Å². The van der Waals surface area contributed by atoms with E-state index in [4.69, 9.17) is 11.6 Å². The topological polar surface area (TPSA) is 29.9 Å². The van der Waals surface area contributed by atoms with Gasteiger partial charge in [-0.2, -0.15) is 5.10 Å².